The second-order valence-electron chi connectivity index (χ2n) is 10.8. The van der Waals surface area contributed by atoms with Gasteiger partial charge in [-0.1, -0.05) is 13.8 Å². The van der Waals surface area contributed by atoms with Gasteiger partial charge in [-0.15, -0.1) is 0 Å². The second-order valence-corrected chi connectivity index (χ2v) is 10.8. The van der Waals surface area contributed by atoms with E-state index in [1.54, 1.807) is 13.8 Å². The van der Waals surface area contributed by atoms with Crippen LogP contribution in [0.2, 0.25) is 0 Å². The summed E-state index contributed by atoms with van der Waals surface area (Å²) in [4.78, 5) is 50.9. The molecule has 0 aromatic heterocycles. The van der Waals surface area contributed by atoms with Gasteiger partial charge in [0.15, 0.2) is 0 Å². The third-order valence-electron chi connectivity index (χ3n) is 7.11. The highest BCUT2D eigenvalue weighted by atomic mass is 19.3. The molecule has 10 nitrogen and oxygen atoms in total. The van der Waals surface area contributed by atoms with Crippen molar-refractivity contribution in [2.24, 2.45) is 11.8 Å². The molecule has 1 aliphatic heterocycles. The van der Waals surface area contributed by atoms with Gasteiger partial charge in [0.1, 0.15) is 29.8 Å². The Morgan fingerprint density at radius 2 is 1.76 bits per heavy atom. The monoisotopic (exact) mass is 589 g/mol. The van der Waals surface area contributed by atoms with E-state index in [2.05, 4.69) is 10.6 Å². The summed E-state index contributed by atoms with van der Waals surface area (Å²) >= 11 is 0. The lowest BCUT2D eigenvalue weighted by atomic mass is 10.1. The molecule has 2 fully saturated rings. The summed E-state index contributed by atoms with van der Waals surface area (Å²) in [5.74, 6) is -6.52. The molecule has 1 aromatic carbocycles. The Labute approximate surface area is 234 Å². The molecular weight excluding hydrogens is 554 g/mol. The van der Waals surface area contributed by atoms with E-state index in [1.165, 1.54) is 0 Å². The lowest BCUT2D eigenvalue weighted by molar-refractivity contribution is -0.147. The van der Waals surface area contributed by atoms with Crippen molar-refractivity contribution in [2.45, 2.75) is 76.7 Å². The Morgan fingerprint density at radius 3 is 2.29 bits per heavy atom. The zero-order valence-electron chi connectivity index (χ0n) is 22.7. The number of nitrogens with one attached hydrogen (secondary N) is 2. The van der Waals surface area contributed by atoms with Crippen LogP contribution in [-0.4, -0.2) is 89.2 Å². The fraction of sp³-hybridized carbons (Fsp3) is 0.630. The van der Waals surface area contributed by atoms with Gasteiger partial charge in [0.25, 0.3) is 5.91 Å². The minimum Gasteiger partial charge on any atom is -0.478 e. The Morgan fingerprint density at radius 1 is 1.12 bits per heavy atom. The van der Waals surface area contributed by atoms with Crippen molar-refractivity contribution in [3.63, 3.8) is 0 Å². The topological polar surface area (TPSA) is 145 Å². The minimum atomic E-state index is -3.00. The number of nitrogens with zero attached hydrogens (tertiary/aromatic N) is 1. The van der Waals surface area contributed by atoms with Gasteiger partial charge in [-0.05, 0) is 43.2 Å². The molecule has 4 N–H and O–H groups in total. The van der Waals surface area contributed by atoms with Crippen LogP contribution < -0.4 is 10.6 Å². The van der Waals surface area contributed by atoms with Gasteiger partial charge >= 0.3 is 5.97 Å². The fourth-order valence-corrected chi connectivity index (χ4v) is 4.50. The summed E-state index contributed by atoms with van der Waals surface area (Å²) < 4.78 is 60.8. The molecule has 1 aliphatic carbocycles. The highest BCUT2D eigenvalue weighted by Gasteiger charge is 2.43. The quantitative estimate of drug-likeness (QED) is 0.243. The maximum Gasteiger partial charge on any atom is 0.335 e. The number of rotatable bonds is 14. The van der Waals surface area contributed by atoms with E-state index in [1.807, 2.05) is 0 Å². The number of alkyl halides is 2. The number of hydrogen-bond acceptors (Lipinski definition) is 6. The number of halogens is 4. The van der Waals surface area contributed by atoms with E-state index in [4.69, 9.17) is 9.84 Å². The number of likely N-dealkylation sites (tertiary alicyclic amines) is 1. The molecule has 0 unspecified atom stereocenters. The SMILES string of the molecule is CC(C)[C@H](O)C(=O)N1C[C@H](OCC2CC2)C[C@H]1C(=O)N[C@@H](CC(F)F)C(=O)NCCc1c(F)cc(C(=O)O)cc1F. The number of aromatic carboxylic acids is 1. The first-order valence-electron chi connectivity index (χ1n) is 13.5. The Balaban J connectivity index is 1.66. The summed E-state index contributed by atoms with van der Waals surface area (Å²) in [5, 5.41) is 23.7. The average molecular weight is 590 g/mol. The van der Waals surface area contributed by atoms with E-state index in [0.29, 0.717) is 24.7 Å². The van der Waals surface area contributed by atoms with Crippen molar-refractivity contribution in [2.75, 3.05) is 19.7 Å². The number of carboxylic acid groups (broad SMARTS) is 1. The largest absolute Gasteiger partial charge is 0.478 e. The molecule has 3 amide bonds. The molecule has 228 valence electrons. The highest BCUT2D eigenvalue weighted by Crippen LogP contribution is 2.31. The molecule has 41 heavy (non-hydrogen) atoms. The van der Waals surface area contributed by atoms with E-state index >= 15 is 0 Å². The number of carboxylic acids is 1. The molecule has 0 bridgehead atoms. The number of hydrogen-bond donors (Lipinski definition) is 4. The lowest BCUT2D eigenvalue weighted by Crippen LogP contribution is -2.55. The van der Waals surface area contributed by atoms with Crippen molar-refractivity contribution in [1.82, 2.24) is 15.5 Å². The molecule has 1 saturated heterocycles. The van der Waals surface area contributed by atoms with Gasteiger partial charge in [-0.2, -0.15) is 0 Å². The van der Waals surface area contributed by atoms with Crippen molar-refractivity contribution < 1.29 is 51.7 Å². The van der Waals surface area contributed by atoms with Crippen LogP contribution in [0.4, 0.5) is 17.6 Å². The first-order valence-corrected chi connectivity index (χ1v) is 13.5. The molecule has 0 spiro atoms. The number of aliphatic hydroxyl groups excluding tert-OH is 1. The Hall–Kier alpha value is -3.26. The van der Waals surface area contributed by atoms with Crippen LogP contribution in [0.15, 0.2) is 12.1 Å². The van der Waals surface area contributed by atoms with Gasteiger partial charge in [-0.3, -0.25) is 14.4 Å². The highest BCUT2D eigenvalue weighted by molar-refractivity contribution is 5.93. The fourth-order valence-electron chi connectivity index (χ4n) is 4.50. The van der Waals surface area contributed by atoms with Crippen LogP contribution in [0.25, 0.3) is 0 Å². The molecule has 0 radical (unpaired) electrons. The van der Waals surface area contributed by atoms with Crippen molar-refractivity contribution in [3.8, 4) is 0 Å². The number of carbonyl (C=O) groups excluding carboxylic acids is 3. The third-order valence-corrected chi connectivity index (χ3v) is 7.11. The average Bonchev–Trinajstić information content (AvgIpc) is 3.63. The van der Waals surface area contributed by atoms with Crippen LogP contribution in [0, 0.1) is 23.5 Å². The van der Waals surface area contributed by atoms with Gasteiger partial charge < -0.3 is 30.5 Å². The van der Waals surface area contributed by atoms with E-state index in [9.17, 15) is 41.8 Å². The normalized spacial score (nSPS) is 20.3. The Kier molecular flexibility index (Phi) is 11.1. The summed E-state index contributed by atoms with van der Waals surface area (Å²) in [7, 11) is 0. The van der Waals surface area contributed by atoms with E-state index in [0.717, 1.165) is 17.7 Å². The van der Waals surface area contributed by atoms with Crippen molar-refractivity contribution in [1.29, 1.82) is 0 Å². The lowest BCUT2D eigenvalue weighted by Gasteiger charge is -2.28. The van der Waals surface area contributed by atoms with Gasteiger partial charge in [0.05, 0.1) is 11.7 Å². The number of benzene rings is 1. The predicted octanol–water partition coefficient (Wildman–Crippen LogP) is 1.87. The summed E-state index contributed by atoms with van der Waals surface area (Å²) in [6.45, 7) is 3.30. The molecule has 3 rings (SSSR count). The first kappa shape index (κ1) is 32.3. The van der Waals surface area contributed by atoms with E-state index < -0.39 is 102 Å². The smallest absolute Gasteiger partial charge is 0.335 e. The summed E-state index contributed by atoms with van der Waals surface area (Å²) in [6.07, 6.45) is -4.33. The van der Waals surface area contributed by atoms with Gasteiger partial charge in [-0.25, -0.2) is 22.4 Å². The number of carbonyl (C=O) groups is 4. The second kappa shape index (κ2) is 14.1. The maximum absolute atomic E-state index is 14.2. The van der Waals surface area contributed by atoms with E-state index in [-0.39, 0.29) is 13.0 Å². The molecule has 2 aliphatic rings. The van der Waals surface area contributed by atoms with Crippen LogP contribution >= 0.6 is 0 Å². The number of ether oxygens (including phenoxy) is 1. The standard InChI is InChI=1S/C27H35F4N3O7/c1-13(2)23(35)26(38)34-11-16(41-12-14-3-4-14)9-21(34)25(37)33-20(10-22(30)31)24(36)32-6-5-17-18(28)7-15(27(39)40)8-19(17)29/h7-8,13-14,16,20-23,35H,3-6,9-12H2,1-2H3,(H,32,36)(H,33,37)(H,39,40)/t16-,20+,21+,23+/m1/s1. The van der Waals surface area contributed by atoms with Crippen LogP contribution in [0.1, 0.15) is 55.5 Å². The van der Waals surface area contributed by atoms with Crippen LogP contribution in [0.5, 0.6) is 0 Å². The molecular formula is C27H35F4N3O7. The molecule has 1 heterocycles. The molecule has 1 aromatic rings. The zero-order chi connectivity index (χ0) is 30.4. The minimum absolute atomic E-state index is 0.0108. The van der Waals surface area contributed by atoms with Crippen molar-refractivity contribution >= 4 is 23.7 Å². The van der Waals surface area contributed by atoms with Crippen LogP contribution in [0.3, 0.4) is 0 Å². The first-order chi connectivity index (χ1) is 19.3. The maximum atomic E-state index is 14.2. The molecule has 4 atom stereocenters. The van der Waals surface area contributed by atoms with Gasteiger partial charge in [0.2, 0.25) is 18.2 Å². The molecule has 1 saturated carbocycles. The van der Waals surface area contributed by atoms with Gasteiger partial charge in [0, 0.05) is 38.1 Å². The predicted molar refractivity (Wildman–Crippen MR) is 136 cm³/mol. The number of amides is 3. The summed E-state index contributed by atoms with van der Waals surface area (Å²) in [6, 6.07) is -1.67. The third kappa shape index (κ3) is 8.86. The van der Waals surface area contributed by atoms with Crippen molar-refractivity contribution in [3.05, 3.63) is 34.9 Å². The summed E-state index contributed by atoms with van der Waals surface area (Å²) in [5.41, 5.74) is -1.11. The Bertz CT molecular complexity index is 1110. The number of aliphatic hydroxyl groups is 1. The molecule has 14 heteroatoms. The van der Waals surface area contributed by atoms with Crippen LogP contribution in [-0.2, 0) is 25.5 Å². The zero-order valence-corrected chi connectivity index (χ0v) is 22.7.